The first-order valence-corrected chi connectivity index (χ1v) is 8.43. The summed E-state index contributed by atoms with van der Waals surface area (Å²) in [5.74, 6) is 1.61. The molecule has 0 atom stereocenters. The SMILES string of the molecule is CCN(C)Cc1cc(I)c(OCc2ccccc2)c(OC)c1. The summed E-state index contributed by atoms with van der Waals surface area (Å²) in [5, 5.41) is 0. The summed E-state index contributed by atoms with van der Waals surface area (Å²) in [6.07, 6.45) is 0. The largest absolute Gasteiger partial charge is 0.493 e. The first-order chi connectivity index (χ1) is 10.6. The van der Waals surface area contributed by atoms with E-state index in [1.54, 1.807) is 7.11 Å². The van der Waals surface area contributed by atoms with E-state index in [0.717, 1.165) is 33.7 Å². The first-order valence-electron chi connectivity index (χ1n) is 7.35. The van der Waals surface area contributed by atoms with Crippen LogP contribution in [-0.4, -0.2) is 25.6 Å². The third kappa shape index (κ3) is 4.61. The summed E-state index contributed by atoms with van der Waals surface area (Å²) in [4.78, 5) is 2.26. The molecular weight excluding hydrogens is 389 g/mol. The second-order valence-electron chi connectivity index (χ2n) is 5.21. The molecule has 0 aromatic heterocycles. The van der Waals surface area contributed by atoms with Crippen LogP contribution < -0.4 is 9.47 Å². The normalized spacial score (nSPS) is 10.8. The molecule has 0 bridgehead atoms. The molecule has 0 fully saturated rings. The Hall–Kier alpha value is -1.27. The highest BCUT2D eigenvalue weighted by Crippen LogP contribution is 2.34. The average Bonchev–Trinajstić information content (AvgIpc) is 2.54. The van der Waals surface area contributed by atoms with Crippen molar-refractivity contribution in [3.05, 3.63) is 57.2 Å². The fraction of sp³-hybridized carbons (Fsp3) is 0.333. The molecular formula is C18H22INO2. The molecule has 0 aliphatic carbocycles. The van der Waals surface area contributed by atoms with Crippen LogP contribution in [0, 0.1) is 3.57 Å². The third-order valence-electron chi connectivity index (χ3n) is 3.51. The van der Waals surface area contributed by atoms with E-state index in [4.69, 9.17) is 9.47 Å². The van der Waals surface area contributed by atoms with Gasteiger partial charge < -0.3 is 14.4 Å². The van der Waals surface area contributed by atoms with Crippen molar-refractivity contribution in [3.8, 4) is 11.5 Å². The van der Waals surface area contributed by atoms with Crippen molar-refractivity contribution < 1.29 is 9.47 Å². The van der Waals surface area contributed by atoms with E-state index >= 15 is 0 Å². The van der Waals surface area contributed by atoms with Crippen molar-refractivity contribution in [1.29, 1.82) is 0 Å². The Morgan fingerprint density at radius 2 is 1.82 bits per heavy atom. The highest BCUT2D eigenvalue weighted by atomic mass is 127. The Kier molecular flexibility index (Phi) is 6.51. The molecule has 4 heteroatoms. The average molecular weight is 411 g/mol. The maximum absolute atomic E-state index is 5.99. The van der Waals surface area contributed by atoms with E-state index in [1.807, 2.05) is 18.2 Å². The monoisotopic (exact) mass is 411 g/mol. The van der Waals surface area contributed by atoms with Crippen molar-refractivity contribution in [2.45, 2.75) is 20.1 Å². The van der Waals surface area contributed by atoms with Crippen molar-refractivity contribution >= 4 is 22.6 Å². The maximum atomic E-state index is 5.99. The van der Waals surface area contributed by atoms with Gasteiger partial charge in [0.25, 0.3) is 0 Å². The van der Waals surface area contributed by atoms with Gasteiger partial charge in [0.05, 0.1) is 10.7 Å². The number of halogens is 1. The van der Waals surface area contributed by atoms with E-state index in [1.165, 1.54) is 5.56 Å². The second kappa shape index (κ2) is 8.39. The lowest BCUT2D eigenvalue weighted by Crippen LogP contribution is -2.17. The Morgan fingerprint density at radius 1 is 1.09 bits per heavy atom. The van der Waals surface area contributed by atoms with Gasteiger partial charge in [0.1, 0.15) is 6.61 Å². The molecule has 0 spiro atoms. The number of rotatable bonds is 7. The van der Waals surface area contributed by atoms with Crippen LogP contribution in [0.25, 0.3) is 0 Å². The highest BCUT2D eigenvalue weighted by molar-refractivity contribution is 14.1. The van der Waals surface area contributed by atoms with Crippen LogP contribution in [0.2, 0.25) is 0 Å². The van der Waals surface area contributed by atoms with Gasteiger partial charge in [-0.2, -0.15) is 0 Å². The van der Waals surface area contributed by atoms with Crippen LogP contribution in [0.1, 0.15) is 18.1 Å². The Labute approximate surface area is 146 Å². The summed E-state index contributed by atoms with van der Waals surface area (Å²) < 4.78 is 12.6. The molecule has 0 amide bonds. The second-order valence-corrected chi connectivity index (χ2v) is 6.38. The van der Waals surface area contributed by atoms with Gasteiger partial charge in [-0.05, 0) is 59.4 Å². The Bertz CT molecular complexity index is 602. The number of hydrogen-bond donors (Lipinski definition) is 0. The minimum atomic E-state index is 0.543. The van der Waals surface area contributed by atoms with Gasteiger partial charge in [0.15, 0.2) is 11.5 Å². The van der Waals surface area contributed by atoms with Crippen LogP contribution in [-0.2, 0) is 13.2 Å². The summed E-state index contributed by atoms with van der Waals surface area (Å²) in [6, 6.07) is 14.4. The van der Waals surface area contributed by atoms with Gasteiger partial charge >= 0.3 is 0 Å². The van der Waals surface area contributed by atoms with E-state index in [9.17, 15) is 0 Å². The number of nitrogens with zero attached hydrogens (tertiary/aromatic N) is 1. The molecule has 3 nitrogen and oxygen atoms in total. The maximum Gasteiger partial charge on any atom is 0.174 e. The molecule has 0 aliphatic heterocycles. The number of benzene rings is 2. The molecule has 118 valence electrons. The van der Waals surface area contributed by atoms with Crippen molar-refractivity contribution in [2.75, 3.05) is 20.7 Å². The van der Waals surface area contributed by atoms with Gasteiger partial charge in [-0.1, -0.05) is 37.3 Å². The quantitative estimate of drug-likeness (QED) is 0.634. The lowest BCUT2D eigenvalue weighted by Gasteiger charge is -2.17. The smallest absolute Gasteiger partial charge is 0.174 e. The van der Waals surface area contributed by atoms with E-state index in [-0.39, 0.29) is 0 Å². The minimum absolute atomic E-state index is 0.543. The molecule has 22 heavy (non-hydrogen) atoms. The lowest BCUT2D eigenvalue weighted by atomic mass is 10.2. The van der Waals surface area contributed by atoms with Crippen molar-refractivity contribution in [3.63, 3.8) is 0 Å². The molecule has 0 N–H and O–H groups in total. The molecule has 0 unspecified atom stereocenters. The number of hydrogen-bond acceptors (Lipinski definition) is 3. The predicted molar refractivity (Wildman–Crippen MR) is 98.5 cm³/mol. The summed E-state index contributed by atoms with van der Waals surface area (Å²) >= 11 is 2.31. The van der Waals surface area contributed by atoms with E-state index < -0.39 is 0 Å². The fourth-order valence-electron chi connectivity index (χ4n) is 2.16. The van der Waals surface area contributed by atoms with Crippen molar-refractivity contribution in [2.24, 2.45) is 0 Å². The van der Waals surface area contributed by atoms with Crippen LogP contribution in [0.3, 0.4) is 0 Å². The number of methoxy groups -OCH3 is 1. The lowest BCUT2D eigenvalue weighted by molar-refractivity contribution is 0.281. The molecule has 2 aromatic rings. The van der Waals surface area contributed by atoms with Gasteiger partial charge in [0.2, 0.25) is 0 Å². The molecule has 0 heterocycles. The zero-order chi connectivity index (χ0) is 15.9. The topological polar surface area (TPSA) is 21.7 Å². The van der Waals surface area contributed by atoms with Gasteiger partial charge in [-0.25, -0.2) is 0 Å². The van der Waals surface area contributed by atoms with Crippen molar-refractivity contribution in [1.82, 2.24) is 4.90 Å². The molecule has 2 aromatic carbocycles. The zero-order valence-electron chi connectivity index (χ0n) is 13.3. The first kappa shape index (κ1) is 17.1. The van der Waals surface area contributed by atoms with Crippen LogP contribution in [0.5, 0.6) is 11.5 Å². The summed E-state index contributed by atoms with van der Waals surface area (Å²) in [5.41, 5.74) is 2.38. The molecule has 2 rings (SSSR count). The van der Waals surface area contributed by atoms with Crippen LogP contribution >= 0.6 is 22.6 Å². The highest BCUT2D eigenvalue weighted by Gasteiger charge is 2.12. The molecule has 0 radical (unpaired) electrons. The Morgan fingerprint density at radius 3 is 2.45 bits per heavy atom. The minimum Gasteiger partial charge on any atom is -0.493 e. The zero-order valence-corrected chi connectivity index (χ0v) is 15.5. The molecule has 0 saturated carbocycles. The third-order valence-corrected chi connectivity index (χ3v) is 4.31. The molecule has 0 saturated heterocycles. The van der Waals surface area contributed by atoms with Gasteiger partial charge in [-0.3, -0.25) is 0 Å². The van der Waals surface area contributed by atoms with Gasteiger partial charge in [-0.15, -0.1) is 0 Å². The summed E-state index contributed by atoms with van der Waals surface area (Å²) in [7, 11) is 3.80. The summed E-state index contributed by atoms with van der Waals surface area (Å²) in [6.45, 7) is 4.62. The molecule has 0 aliphatic rings. The van der Waals surface area contributed by atoms with Crippen LogP contribution in [0.15, 0.2) is 42.5 Å². The number of ether oxygens (including phenoxy) is 2. The van der Waals surface area contributed by atoms with Crippen LogP contribution in [0.4, 0.5) is 0 Å². The predicted octanol–water partition coefficient (Wildman–Crippen LogP) is 4.33. The van der Waals surface area contributed by atoms with E-state index in [0.29, 0.717) is 6.61 Å². The fourth-order valence-corrected chi connectivity index (χ4v) is 2.98. The van der Waals surface area contributed by atoms with E-state index in [2.05, 4.69) is 65.7 Å². The standard InChI is InChI=1S/C18H22INO2/c1-4-20(2)12-15-10-16(19)18(17(11-15)21-3)22-13-14-8-6-5-7-9-14/h5-11H,4,12-13H2,1-3H3. The Balaban J connectivity index is 2.16. The van der Waals surface area contributed by atoms with Gasteiger partial charge in [0, 0.05) is 6.54 Å².